The average Bonchev–Trinajstić information content (AvgIpc) is 2.71. The number of primary sulfonamides is 1. The molecule has 0 bridgehead atoms. The molecule has 0 aliphatic carbocycles. The lowest BCUT2D eigenvalue weighted by molar-refractivity contribution is -0.122. The monoisotopic (exact) mass is 417 g/mol. The molecule has 29 heavy (non-hydrogen) atoms. The fourth-order valence-corrected chi connectivity index (χ4v) is 3.82. The third kappa shape index (κ3) is 6.93. The van der Waals surface area contributed by atoms with E-state index in [1.807, 2.05) is 18.2 Å². The number of nitrogens with zero attached hydrogens (tertiary/aromatic N) is 1. The molecule has 0 saturated carbocycles. The largest absolute Gasteiger partial charge is 0.374 e. The minimum atomic E-state index is -3.69. The van der Waals surface area contributed by atoms with Crippen LogP contribution >= 0.6 is 0 Å². The maximum absolute atomic E-state index is 12.2. The van der Waals surface area contributed by atoms with Crippen LogP contribution in [-0.4, -0.2) is 51.6 Å². The molecule has 0 spiro atoms. The summed E-state index contributed by atoms with van der Waals surface area (Å²) in [5.74, 6) is -0.0516. The summed E-state index contributed by atoms with van der Waals surface area (Å²) in [4.78, 5) is 14.6. The number of amides is 1. The molecule has 1 atom stereocenters. The topological polar surface area (TPSA) is 102 Å². The third-order valence-electron chi connectivity index (χ3n) is 4.89. The number of nitrogens with one attached hydrogen (secondary N) is 1. The molecule has 3 rings (SSSR count). The van der Waals surface area contributed by atoms with Crippen LogP contribution in [0.4, 0.5) is 0 Å². The summed E-state index contributed by atoms with van der Waals surface area (Å²) in [5, 5.41) is 8.02. The Balaban J connectivity index is 1.39. The second kappa shape index (κ2) is 9.98. The second-order valence-electron chi connectivity index (χ2n) is 7.21. The number of benzene rings is 2. The van der Waals surface area contributed by atoms with Crippen LogP contribution < -0.4 is 10.5 Å². The van der Waals surface area contributed by atoms with Gasteiger partial charge in [0.25, 0.3) is 0 Å². The van der Waals surface area contributed by atoms with Gasteiger partial charge >= 0.3 is 0 Å². The van der Waals surface area contributed by atoms with Gasteiger partial charge in [-0.15, -0.1) is 0 Å². The van der Waals surface area contributed by atoms with Crippen molar-refractivity contribution in [3.05, 3.63) is 65.7 Å². The van der Waals surface area contributed by atoms with E-state index in [0.29, 0.717) is 26.0 Å². The molecule has 1 unspecified atom stereocenters. The molecule has 1 amide bonds. The van der Waals surface area contributed by atoms with Gasteiger partial charge in [0.1, 0.15) is 0 Å². The van der Waals surface area contributed by atoms with Crippen molar-refractivity contribution in [1.29, 1.82) is 0 Å². The zero-order valence-electron chi connectivity index (χ0n) is 16.3. The van der Waals surface area contributed by atoms with Gasteiger partial charge in [0, 0.05) is 32.6 Å². The quantitative estimate of drug-likeness (QED) is 0.674. The highest BCUT2D eigenvalue weighted by molar-refractivity contribution is 7.89. The standard InChI is InChI=1S/C21H27N3O4S/c22-29(26,27)20-9-6-17(7-10-20)8-11-21(25)23-14-19-16-24(12-13-28-19)15-18-4-2-1-3-5-18/h1-7,9-10,19H,8,11-16H2,(H,23,25)(H2,22,26,27). The third-order valence-corrected chi connectivity index (χ3v) is 5.82. The molecule has 1 heterocycles. The number of morpholine rings is 1. The van der Waals surface area contributed by atoms with Crippen molar-refractivity contribution in [3.63, 3.8) is 0 Å². The Bertz CT molecular complexity index is 901. The van der Waals surface area contributed by atoms with E-state index < -0.39 is 10.0 Å². The Morgan fingerprint density at radius 1 is 1.10 bits per heavy atom. The van der Waals surface area contributed by atoms with E-state index in [4.69, 9.17) is 9.88 Å². The first-order valence-electron chi connectivity index (χ1n) is 9.66. The summed E-state index contributed by atoms with van der Waals surface area (Å²) in [7, 11) is -3.69. The number of aryl methyl sites for hydroxylation is 1. The number of carbonyl (C=O) groups is 1. The van der Waals surface area contributed by atoms with Crippen LogP contribution in [0.25, 0.3) is 0 Å². The molecule has 2 aromatic carbocycles. The van der Waals surface area contributed by atoms with E-state index in [0.717, 1.165) is 25.2 Å². The maximum atomic E-state index is 12.2. The van der Waals surface area contributed by atoms with Gasteiger partial charge in [0.2, 0.25) is 15.9 Å². The first-order valence-corrected chi connectivity index (χ1v) is 11.2. The predicted octanol–water partition coefficient (Wildman–Crippen LogP) is 1.28. The molecule has 8 heteroatoms. The molecular weight excluding hydrogens is 390 g/mol. The van der Waals surface area contributed by atoms with Crippen LogP contribution in [0.3, 0.4) is 0 Å². The summed E-state index contributed by atoms with van der Waals surface area (Å²) in [6, 6.07) is 16.6. The molecule has 2 aromatic rings. The number of hydrogen-bond donors (Lipinski definition) is 2. The minimum absolute atomic E-state index is 0.0227. The Morgan fingerprint density at radius 2 is 1.83 bits per heavy atom. The Labute approximate surface area is 171 Å². The van der Waals surface area contributed by atoms with Crippen molar-refractivity contribution in [1.82, 2.24) is 10.2 Å². The first-order chi connectivity index (χ1) is 13.9. The summed E-state index contributed by atoms with van der Waals surface area (Å²) < 4.78 is 28.3. The Kier molecular flexibility index (Phi) is 7.38. The van der Waals surface area contributed by atoms with Gasteiger partial charge in [-0.05, 0) is 29.7 Å². The summed E-state index contributed by atoms with van der Waals surface area (Å²) in [6.07, 6.45) is 0.836. The number of carbonyl (C=O) groups excluding carboxylic acids is 1. The molecule has 156 valence electrons. The highest BCUT2D eigenvalue weighted by Gasteiger charge is 2.21. The highest BCUT2D eigenvalue weighted by atomic mass is 32.2. The van der Waals surface area contributed by atoms with Crippen molar-refractivity contribution < 1.29 is 17.9 Å². The van der Waals surface area contributed by atoms with Crippen LogP contribution in [0, 0.1) is 0 Å². The van der Waals surface area contributed by atoms with Crippen LogP contribution in [0.15, 0.2) is 59.5 Å². The second-order valence-corrected chi connectivity index (χ2v) is 8.77. The molecule has 0 aromatic heterocycles. The van der Waals surface area contributed by atoms with Crippen LogP contribution in [0.1, 0.15) is 17.5 Å². The van der Waals surface area contributed by atoms with E-state index in [2.05, 4.69) is 22.3 Å². The Hall–Kier alpha value is -2.26. The van der Waals surface area contributed by atoms with Gasteiger partial charge in [-0.1, -0.05) is 42.5 Å². The number of hydrogen-bond acceptors (Lipinski definition) is 5. The van der Waals surface area contributed by atoms with Gasteiger partial charge < -0.3 is 10.1 Å². The molecule has 7 nitrogen and oxygen atoms in total. The zero-order chi connectivity index (χ0) is 20.7. The molecule has 1 aliphatic rings. The van der Waals surface area contributed by atoms with Gasteiger partial charge in [-0.3, -0.25) is 9.69 Å². The molecule has 1 fully saturated rings. The normalized spacial score (nSPS) is 17.8. The molecule has 0 radical (unpaired) electrons. The predicted molar refractivity (Wildman–Crippen MR) is 111 cm³/mol. The van der Waals surface area contributed by atoms with Crippen LogP contribution in [0.5, 0.6) is 0 Å². The van der Waals surface area contributed by atoms with Crippen molar-refractivity contribution in [3.8, 4) is 0 Å². The van der Waals surface area contributed by atoms with Gasteiger partial charge in [0.05, 0.1) is 17.6 Å². The lowest BCUT2D eigenvalue weighted by Gasteiger charge is -2.33. The van der Waals surface area contributed by atoms with Gasteiger partial charge in [-0.2, -0.15) is 0 Å². The van der Waals surface area contributed by atoms with E-state index in [1.165, 1.54) is 17.7 Å². The zero-order valence-corrected chi connectivity index (χ0v) is 17.1. The smallest absolute Gasteiger partial charge is 0.238 e. The maximum Gasteiger partial charge on any atom is 0.238 e. The van der Waals surface area contributed by atoms with Gasteiger partial charge in [0.15, 0.2) is 0 Å². The van der Waals surface area contributed by atoms with Gasteiger partial charge in [-0.25, -0.2) is 13.6 Å². The fourth-order valence-electron chi connectivity index (χ4n) is 3.31. The molecule has 3 N–H and O–H groups in total. The van der Waals surface area contributed by atoms with Crippen molar-refractivity contribution >= 4 is 15.9 Å². The number of rotatable bonds is 8. The summed E-state index contributed by atoms with van der Waals surface area (Å²) in [6.45, 7) is 3.68. The molecule has 1 aliphatic heterocycles. The van der Waals surface area contributed by atoms with Crippen LogP contribution in [-0.2, 0) is 32.5 Å². The van der Waals surface area contributed by atoms with Crippen molar-refractivity contribution in [2.75, 3.05) is 26.2 Å². The van der Waals surface area contributed by atoms with E-state index in [9.17, 15) is 13.2 Å². The minimum Gasteiger partial charge on any atom is -0.374 e. The molecular formula is C21H27N3O4S. The number of ether oxygens (including phenoxy) is 1. The van der Waals surface area contributed by atoms with E-state index in [1.54, 1.807) is 12.1 Å². The fraction of sp³-hybridized carbons (Fsp3) is 0.381. The van der Waals surface area contributed by atoms with Crippen molar-refractivity contribution in [2.24, 2.45) is 5.14 Å². The number of nitrogens with two attached hydrogens (primary N) is 1. The van der Waals surface area contributed by atoms with E-state index in [-0.39, 0.29) is 16.9 Å². The lowest BCUT2D eigenvalue weighted by atomic mass is 10.1. The lowest BCUT2D eigenvalue weighted by Crippen LogP contribution is -2.47. The summed E-state index contributed by atoms with van der Waals surface area (Å²) >= 11 is 0. The average molecular weight is 418 g/mol. The first kappa shape index (κ1) is 21.4. The Morgan fingerprint density at radius 3 is 2.52 bits per heavy atom. The SMILES string of the molecule is NS(=O)(=O)c1ccc(CCC(=O)NCC2CN(Cc3ccccc3)CCO2)cc1. The van der Waals surface area contributed by atoms with Crippen LogP contribution in [0.2, 0.25) is 0 Å². The summed E-state index contributed by atoms with van der Waals surface area (Å²) in [5.41, 5.74) is 2.15. The van der Waals surface area contributed by atoms with E-state index >= 15 is 0 Å². The molecule has 1 saturated heterocycles. The van der Waals surface area contributed by atoms with Crippen molar-refractivity contribution in [2.45, 2.75) is 30.4 Å². The highest BCUT2D eigenvalue weighted by Crippen LogP contribution is 2.12. The number of sulfonamides is 1.